The van der Waals surface area contributed by atoms with Gasteiger partial charge in [-0.25, -0.2) is 0 Å². The molecule has 0 heterocycles. The van der Waals surface area contributed by atoms with Crippen molar-refractivity contribution in [2.75, 3.05) is 19.5 Å². The predicted octanol–water partition coefficient (Wildman–Crippen LogP) is 4.07. The minimum Gasteiger partial charge on any atom is -0.497 e. The van der Waals surface area contributed by atoms with Crippen LogP contribution in [-0.4, -0.2) is 24.9 Å². The van der Waals surface area contributed by atoms with Crippen LogP contribution in [0.25, 0.3) is 0 Å². The molecule has 1 N–H and O–H groups in total. The van der Waals surface area contributed by atoms with Gasteiger partial charge in [0.25, 0.3) is 5.69 Å². The van der Waals surface area contributed by atoms with Gasteiger partial charge in [0.2, 0.25) is 0 Å². The van der Waals surface area contributed by atoms with Crippen molar-refractivity contribution in [3.63, 3.8) is 0 Å². The summed E-state index contributed by atoms with van der Waals surface area (Å²) in [5, 5.41) is 14.0. The fourth-order valence-corrected chi connectivity index (χ4v) is 2.24. The summed E-state index contributed by atoms with van der Waals surface area (Å²) in [4.78, 5) is 22.7. The van der Waals surface area contributed by atoms with Crippen molar-refractivity contribution in [3.8, 4) is 11.5 Å². The number of carbonyl (C=O) groups excluding carboxylic acids is 1. The molecule has 0 atom stereocenters. The van der Waals surface area contributed by atoms with Crippen LogP contribution in [0.3, 0.4) is 0 Å². The maximum absolute atomic E-state index is 12.3. The number of nitro benzene ring substituents is 1. The number of ketones is 1. The molecule has 2 aromatic carbocycles. The highest BCUT2D eigenvalue weighted by Gasteiger charge is 2.14. The van der Waals surface area contributed by atoms with Gasteiger partial charge in [-0.15, -0.1) is 0 Å². The van der Waals surface area contributed by atoms with Crippen LogP contribution in [-0.2, 0) is 0 Å². The van der Waals surface area contributed by atoms with E-state index in [-0.39, 0.29) is 22.2 Å². The number of carbonyl (C=O) groups is 1. The molecule has 0 aromatic heterocycles. The van der Waals surface area contributed by atoms with E-state index in [2.05, 4.69) is 5.32 Å². The van der Waals surface area contributed by atoms with Gasteiger partial charge in [0, 0.05) is 29.4 Å². The third-order valence-electron chi connectivity index (χ3n) is 3.30. The third kappa shape index (κ3) is 4.48. The van der Waals surface area contributed by atoms with Crippen molar-refractivity contribution in [2.45, 2.75) is 0 Å². The number of methoxy groups -OCH3 is 2. The molecule has 25 heavy (non-hydrogen) atoms. The van der Waals surface area contributed by atoms with Crippen molar-refractivity contribution >= 4 is 28.8 Å². The van der Waals surface area contributed by atoms with Gasteiger partial charge in [-0.3, -0.25) is 14.9 Å². The van der Waals surface area contributed by atoms with Crippen LogP contribution in [0, 0.1) is 10.1 Å². The molecule has 0 bridgehead atoms. The summed E-state index contributed by atoms with van der Waals surface area (Å²) in [6.07, 6.45) is 2.57. The molecular formula is C17H15ClN2O5. The molecular weight excluding hydrogens is 348 g/mol. The highest BCUT2D eigenvalue weighted by Crippen LogP contribution is 2.28. The van der Waals surface area contributed by atoms with E-state index in [0.717, 1.165) is 0 Å². The molecule has 8 heteroatoms. The number of benzene rings is 2. The monoisotopic (exact) mass is 362 g/mol. The minimum atomic E-state index is -0.559. The minimum absolute atomic E-state index is 0.188. The van der Waals surface area contributed by atoms with Gasteiger partial charge in [0.15, 0.2) is 5.78 Å². The molecule has 0 amide bonds. The molecule has 0 saturated carbocycles. The second kappa shape index (κ2) is 8.16. The smallest absolute Gasteiger partial charge is 0.294 e. The highest BCUT2D eigenvalue weighted by molar-refractivity contribution is 6.30. The van der Waals surface area contributed by atoms with E-state index in [9.17, 15) is 14.9 Å². The van der Waals surface area contributed by atoms with Gasteiger partial charge >= 0.3 is 0 Å². The molecule has 0 saturated heterocycles. The molecule has 0 fully saturated rings. The second-order valence-corrected chi connectivity index (χ2v) is 5.26. The maximum atomic E-state index is 12.3. The Balaban J connectivity index is 2.18. The van der Waals surface area contributed by atoms with E-state index in [1.54, 1.807) is 18.2 Å². The summed E-state index contributed by atoms with van der Waals surface area (Å²) in [5.41, 5.74) is 0.374. The summed E-state index contributed by atoms with van der Waals surface area (Å²) < 4.78 is 10.3. The number of nitrogens with one attached hydrogen (secondary N) is 1. The van der Waals surface area contributed by atoms with Crippen molar-refractivity contribution in [2.24, 2.45) is 0 Å². The zero-order chi connectivity index (χ0) is 18.4. The number of anilines is 1. The SMILES string of the molecule is COc1ccc(C(=O)C=CNc2ccc(Cl)cc2[N+](=O)[O-])c(OC)c1. The van der Waals surface area contributed by atoms with E-state index in [1.807, 2.05) is 0 Å². The Morgan fingerprint density at radius 3 is 2.60 bits per heavy atom. The lowest BCUT2D eigenvalue weighted by Crippen LogP contribution is -2.01. The summed E-state index contributed by atoms with van der Waals surface area (Å²) >= 11 is 5.76. The molecule has 0 aliphatic rings. The fourth-order valence-electron chi connectivity index (χ4n) is 2.08. The van der Waals surface area contributed by atoms with E-state index < -0.39 is 4.92 Å². The largest absolute Gasteiger partial charge is 0.497 e. The maximum Gasteiger partial charge on any atom is 0.294 e. The standard InChI is InChI=1S/C17H15ClN2O5/c1-24-12-4-5-13(17(10-12)25-2)16(21)7-8-19-14-6-3-11(18)9-15(14)20(22)23/h3-10,19H,1-2H3. The third-order valence-corrected chi connectivity index (χ3v) is 3.54. The Kier molecular flexibility index (Phi) is 5.97. The Morgan fingerprint density at radius 2 is 1.96 bits per heavy atom. The van der Waals surface area contributed by atoms with Crippen LogP contribution < -0.4 is 14.8 Å². The molecule has 0 spiro atoms. The first-order valence-electron chi connectivity index (χ1n) is 7.09. The first kappa shape index (κ1) is 18.3. The van der Waals surface area contributed by atoms with Crippen LogP contribution in [0.1, 0.15) is 10.4 Å². The van der Waals surface area contributed by atoms with Crippen LogP contribution in [0.15, 0.2) is 48.7 Å². The first-order valence-corrected chi connectivity index (χ1v) is 7.47. The molecule has 2 rings (SSSR count). The lowest BCUT2D eigenvalue weighted by molar-refractivity contribution is -0.383. The molecule has 130 valence electrons. The summed E-state index contributed by atoms with van der Waals surface area (Å²) in [6, 6.07) is 9.02. The van der Waals surface area contributed by atoms with Crippen molar-refractivity contribution < 1.29 is 19.2 Å². The summed E-state index contributed by atoms with van der Waals surface area (Å²) in [5.74, 6) is 0.599. The number of halogens is 1. The Hall–Kier alpha value is -3.06. The Morgan fingerprint density at radius 1 is 1.20 bits per heavy atom. The second-order valence-electron chi connectivity index (χ2n) is 4.83. The molecule has 0 aliphatic carbocycles. The lowest BCUT2D eigenvalue weighted by Gasteiger charge is -2.08. The summed E-state index contributed by atoms with van der Waals surface area (Å²) in [7, 11) is 2.96. The van der Waals surface area contributed by atoms with Crippen molar-refractivity contribution in [3.05, 3.63) is 69.4 Å². The molecule has 7 nitrogen and oxygen atoms in total. The normalized spacial score (nSPS) is 10.5. The Labute approximate surface area is 149 Å². The van der Waals surface area contributed by atoms with Gasteiger partial charge in [-0.2, -0.15) is 0 Å². The lowest BCUT2D eigenvalue weighted by atomic mass is 10.1. The number of hydrogen-bond donors (Lipinski definition) is 1. The van der Waals surface area contributed by atoms with Crippen LogP contribution >= 0.6 is 11.6 Å². The number of nitrogens with zero attached hydrogens (tertiary/aromatic N) is 1. The molecule has 0 aliphatic heterocycles. The topological polar surface area (TPSA) is 90.7 Å². The Bertz CT molecular complexity index is 836. The molecule has 2 aromatic rings. The zero-order valence-electron chi connectivity index (χ0n) is 13.5. The van der Waals surface area contributed by atoms with E-state index in [0.29, 0.717) is 17.1 Å². The molecule has 0 radical (unpaired) electrons. The van der Waals surface area contributed by atoms with Gasteiger partial charge in [-0.05, 0) is 24.3 Å². The summed E-state index contributed by atoms with van der Waals surface area (Å²) in [6.45, 7) is 0. The van der Waals surface area contributed by atoms with Crippen molar-refractivity contribution in [1.29, 1.82) is 0 Å². The number of hydrogen-bond acceptors (Lipinski definition) is 6. The molecule has 0 unspecified atom stereocenters. The number of ether oxygens (including phenoxy) is 2. The predicted molar refractivity (Wildman–Crippen MR) is 94.7 cm³/mol. The quantitative estimate of drug-likeness (QED) is 0.345. The fraction of sp³-hybridized carbons (Fsp3) is 0.118. The average Bonchev–Trinajstić information content (AvgIpc) is 2.61. The average molecular weight is 363 g/mol. The van der Waals surface area contributed by atoms with E-state index in [1.165, 1.54) is 44.7 Å². The van der Waals surface area contributed by atoms with Crippen molar-refractivity contribution in [1.82, 2.24) is 0 Å². The zero-order valence-corrected chi connectivity index (χ0v) is 14.2. The number of allylic oxidation sites excluding steroid dienone is 1. The van der Waals surface area contributed by atoms with E-state index >= 15 is 0 Å². The highest BCUT2D eigenvalue weighted by atomic mass is 35.5. The first-order chi connectivity index (χ1) is 12.0. The van der Waals surface area contributed by atoms with Gasteiger partial charge in [0.1, 0.15) is 17.2 Å². The van der Waals surface area contributed by atoms with Gasteiger partial charge < -0.3 is 14.8 Å². The van der Waals surface area contributed by atoms with Crippen LogP contribution in [0.4, 0.5) is 11.4 Å². The number of rotatable bonds is 7. The van der Waals surface area contributed by atoms with E-state index in [4.69, 9.17) is 21.1 Å². The number of nitro groups is 1. The van der Waals surface area contributed by atoms with Gasteiger partial charge in [-0.1, -0.05) is 11.6 Å². The van der Waals surface area contributed by atoms with Crippen LogP contribution in [0.5, 0.6) is 11.5 Å². The van der Waals surface area contributed by atoms with Gasteiger partial charge in [0.05, 0.1) is 24.7 Å². The van der Waals surface area contributed by atoms with Crippen LogP contribution in [0.2, 0.25) is 5.02 Å².